The molecule has 184 valence electrons. The topological polar surface area (TPSA) is 135 Å². The SMILES string of the molecule is CCOC(=O)C(C#N)c1cc(OC)c(N2CCN(C(=O)OCc3ccccc3)CC2)cc1[N+](=O)[O-]. The molecule has 0 aromatic heterocycles. The number of hydrogen-bond donors (Lipinski definition) is 0. The van der Waals surface area contributed by atoms with Gasteiger partial charge in [-0.05, 0) is 18.6 Å². The Morgan fingerprint density at radius 3 is 2.40 bits per heavy atom. The molecule has 1 atom stereocenters. The molecule has 1 aliphatic heterocycles. The number of methoxy groups -OCH3 is 1. The number of esters is 1. The van der Waals surface area contributed by atoms with Gasteiger partial charge in [-0.2, -0.15) is 5.26 Å². The second-order valence-electron chi connectivity index (χ2n) is 7.67. The molecule has 3 rings (SSSR count). The fourth-order valence-electron chi connectivity index (χ4n) is 3.79. The van der Waals surface area contributed by atoms with Crippen molar-refractivity contribution in [2.24, 2.45) is 0 Å². The van der Waals surface area contributed by atoms with Crippen molar-refractivity contribution in [3.8, 4) is 11.8 Å². The van der Waals surface area contributed by atoms with Gasteiger partial charge in [-0.25, -0.2) is 4.79 Å². The molecule has 11 nitrogen and oxygen atoms in total. The molecule has 0 aliphatic carbocycles. The molecule has 1 saturated heterocycles. The number of benzene rings is 2. The van der Waals surface area contributed by atoms with Gasteiger partial charge in [-0.1, -0.05) is 30.3 Å². The van der Waals surface area contributed by atoms with E-state index in [1.54, 1.807) is 17.9 Å². The number of amides is 1. The molecule has 1 aliphatic rings. The Morgan fingerprint density at radius 2 is 1.83 bits per heavy atom. The first-order valence-electron chi connectivity index (χ1n) is 11.0. The molecule has 0 bridgehead atoms. The zero-order valence-corrected chi connectivity index (χ0v) is 19.5. The Bertz CT molecular complexity index is 1110. The fraction of sp³-hybridized carbons (Fsp3) is 0.375. The second kappa shape index (κ2) is 11.7. The molecule has 1 amide bonds. The largest absolute Gasteiger partial charge is 0.495 e. The zero-order chi connectivity index (χ0) is 25.4. The minimum atomic E-state index is -1.46. The Hall–Kier alpha value is -4.33. The highest BCUT2D eigenvalue weighted by atomic mass is 16.6. The maximum absolute atomic E-state index is 12.4. The van der Waals surface area contributed by atoms with Gasteiger partial charge in [0.15, 0.2) is 5.92 Å². The van der Waals surface area contributed by atoms with Crippen molar-refractivity contribution in [3.05, 3.63) is 63.7 Å². The van der Waals surface area contributed by atoms with Crippen LogP contribution < -0.4 is 9.64 Å². The normalized spacial score (nSPS) is 14.0. The lowest BCUT2D eigenvalue weighted by Crippen LogP contribution is -2.49. The van der Waals surface area contributed by atoms with Gasteiger partial charge in [0.2, 0.25) is 0 Å². The van der Waals surface area contributed by atoms with Crippen molar-refractivity contribution in [3.63, 3.8) is 0 Å². The standard InChI is InChI=1S/C24H26N4O7/c1-3-34-23(29)19(15-25)18-13-22(33-2)21(14-20(18)28(31)32)26-9-11-27(12-10-26)24(30)35-16-17-7-5-4-6-8-17/h4-8,13-14,19H,3,9-12,16H2,1-2H3. The molecule has 1 unspecified atom stereocenters. The third-order valence-electron chi connectivity index (χ3n) is 5.57. The minimum absolute atomic E-state index is 0.0398. The highest BCUT2D eigenvalue weighted by Crippen LogP contribution is 2.39. The maximum atomic E-state index is 12.4. The first-order valence-corrected chi connectivity index (χ1v) is 11.0. The molecule has 1 fully saturated rings. The van der Waals surface area contributed by atoms with Gasteiger partial charge in [0.1, 0.15) is 12.4 Å². The lowest BCUT2D eigenvalue weighted by Gasteiger charge is -2.36. The fourth-order valence-corrected chi connectivity index (χ4v) is 3.79. The third kappa shape index (κ3) is 5.97. The molecule has 2 aromatic carbocycles. The summed E-state index contributed by atoms with van der Waals surface area (Å²) >= 11 is 0. The summed E-state index contributed by atoms with van der Waals surface area (Å²) < 4.78 is 15.7. The lowest BCUT2D eigenvalue weighted by molar-refractivity contribution is -0.385. The summed E-state index contributed by atoms with van der Waals surface area (Å²) in [6, 6.07) is 13.8. The number of carbonyl (C=O) groups excluding carboxylic acids is 2. The number of nitro benzene ring substituents is 1. The molecule has 35 heavy (non-hydrogen) atoms. The van der Waals surface area contributed by atoms with Gasteiger partial charge in [-0.15, -0.1) is 0 Å². The van der Waals surface area contributed by atoms with Crippen LogP contribution in [0, 0.1) is 21.4 Å². The van der Waals surface area contributed by atoms with E-state index in [2.05, 4.69) is 0 Å². The van der Waals surface area contributed by atoms with Crippen LogP contribution in [-0.2, 0) is 20.9 Å². The molecule has 0 N–H and O–H groups in total. The van der Waals surface area contributed by atoms with Crippen LogP contribution in [0.5, 0.6) is 5.75 Å². The zero-order valence-electron chi connectivity index (χ0n) is 19.5. The molecule has 11 heteroatoms. The van der Waals surface area contributed by atoms with Crippen LogP contribution >= 0.6 is 0 Å². The first kappa shape index (κ1) is 25.3. The van der Waals surface area contributed by atoms with E-state index in [1.165, 1.54) is 19.2 Å². The summed E-state index contributed by atoms with van der Waals surface area (Å²) in [5.74, 6) is -2.06. The molecular weight excluding hydrogens is 456 g/mol. The van der Waals surface area contributed by atoms with Crippen LogP contribution in [0.2, 0.25) is 0 Å². The predicted molar refractivity (Wildman–Crippen MR) is 125 cm³/mol. The highest BCUT2D eigenvalue weighted by Gasteiger charge is 2.33. The van der Waals surface area contributed by atoms with Crippen molar-refractivity contribution in [2.45, 2.75) is 19.4 Å². The molecule has 2 aromatic rings. The number of nitriles is 1. The number of ether oxygens (including phenoxy) is 3. The number of anilines is 1. The third-order valence-corrected chi connectivity index (χ3v) is 5.57. The second-order valence-corrected chi connectivity index (χ2v) is 7.67. The monoisotopic (exact) mass is 482 g/mol. The molecule has 0 spiro atoms. The van der Waals surface area contributed by atoms with Gasteiger partial charge in [-0.3, -0.25) is 14.9 Å². The Morgan fingerprint density at radius 1 is 1.14 bits per heavy atom. The van der Waals surface area contributed by atoms with E-state index < -0.39 is 22.9 Å². The smallest absolute Gasteiger partial charge is 0.410 e. The van der Waals surface area contributed by atoms with Crippen LogP contribution in [0.15, 0.2) is 42.5 Å². The number of piperazine rings is 1. The Balaban J connectivity index is 1.76. The van der Waals surface area contributed by atoms with Gasteiger partial charge >= 0.3 is 12.1 Å². The summed E-state index contributed by atoms with van der Waals surface area (Å²) in [6.45, 7) is 3.24. The van der Waals surface area contributed by atoms with Crippen molar-refractivity contribution in [1.29, 1.82) is 5.26 Å². The van der Waals surface area contributed by atoms with Crippen molar-refractivity contribution >= 4 is 23.4 Å². The Kier molecular flexibility index (Phi) is 8.45. The van der Waals surface area contributed by atoms with E-state index >= 15 is 0 Å². The van der Waals surface area contributed by atoms with Crippen molar-refractivity contribution < 1.29 is 28.7 Å². The van der Waals surface area contributed by atoms with Crippen LogP contribution in [0.3, 0.4) is 0 Å². The summed E-state index contributed by atoms with van der Waals surface area (Å²) in [4.78, 5) is 39.2. The summed E-state index contributed by atoms with van der Waals surface area (Å²) in [7, 11) is 1.40. The molecule has 0 radical (unpaired) electrons. The summed E-state index contributed by atoms with van der Waals surface area (Å²) in [5, 5.41) is 21.3. The summed E-state index contributed by atoms with van der Waals surface area (Å²) in [6.07, 6.45) is -0.437. The van der Waals surface area contributed by atoms with Crippen LogP contribution in [-0.4, -0.2) is 61.8 Å². The van der Waals surface area contributed by atoms with Gasteiger partial charge in [0.05, 0.1) is 36.0 Å². The van der Waals surface area contributed by atoms with Gasteiger partial charge < -0.3 is 24.0 Å². The van der Waals surface area contributed by atoms with E-state index in [0.29, 0.717) is 31.9 Å². The van der Waals surface area contributed by atoms with Gasteiger partial charge in [0, 0.05) is 32.2 Å². The molecule has 0 saturated carbocycles. The van der Waals surface area contributed by atoms with E-state index in [1.807, 2.05) is 35.2 Å². The number of nitrogens with zero attached hydrogens (tertiary/aromatic N) is 4. The molecular formula is C24H26N4O7. The lowest BCUT2D eigenvalue weighted by atomic mass is 9.97. The van der Waals surface area contributed by atoms with Crippen LogP contribution in [0.25, 0.3) is 0 Å². The number of rotatable bonds is 8. The summed E-state index contributed by atoms with van der Waals surface area (Å²) in [5.41, 5.74) is 0.834. The van der Waals surface area contributed by atoms with E-state index in [-0.39, 0.29) is 30.2 Å². The predicted octanol–water partition coefficient (Wildman–Crippen LogP) is 3.23. The minimum Gasteiger partial charge on any atom is -0.495 e. The first-order chi connectivity index (χ1) is 16.9. The van der Waals surface area contributed by atoms with Crippen molar-refractivity contribution in [2.75, 3.05) is 44.8 Å². The van der Waals surface area contributed by atoms with Gasteiger partial charge in [0.25, 0.3) is 5.69 Å². The molecule has 1 heterocycles. The number of nitro groups is 1. The number of carbonyl (C=O) groups is 2. The average Bonchev–Trinajstić information content (AvgIpc) is 2.88. The number of hydrogen-bond acceptors (Lipinski definition) is 9. The quantitative estimate of drug-likeness (QED) is 0.315. The average molecular weight is 482 g/mol. The maximum Gasteiger partial charge on any atom is 0.410 e. The van der Waals surface area contributed by atoms with E-state index in [9.17, 15) is 25.0 Å². The van der Waals surface area contributed by atoms with Crippen molar-refractivity contribution in [1.82, 2.24) is 4.90 Å². The van der Waals surface area contributed by atoms with Crippen LogP contribution in [0.1, 0.15) is 24.0 Å². The van der Waals surface area contributed by atoms with E-state index in [0.717, 1.165) is 5.56 Å². The Labute approximate surface area is 202 Å². The van der Waals surface area contributed by atoms with E-state index in [4.69, 9.17) is 14.2 Å². The highest BCUT2D eigenvalue weighted by molar-refractivity contribution is 5.84. The van der Waals surface area contributed by atoms with Crippen LogP contribution in [0.4, 0.5) is 16.2 Å².